The molecule has 1 amide bonds. The molecule has 0 radical (unpaired) electrons. The van der Waals surface area contributed by atoms with Crippen LogP contribution in [0.4, 0.5) is 23.8 Å². The van der Waals surface area contributed by atoms with Gasteiger partial charge in [0.1, 0.15) is 40.2 Å². The minimum Gasteiger partial charge on any atom is -0.497 e. The van der Waals surface area contributed by atoms with Gasteiger partial charge in [-0.25, -0.2) is 35.7 Å². The molecule has 0 spiro atoms. The van der Waals surface area contributed by atoms with Gasteiger partial charge in [-0.2, -0.15) is 5.10 Å². The lowest BCUT2D eigenvalue weighted by Crippen LogP contribution is -2.35. The maximum absolute atomic E-state index is 15.7. The molecule has 6 aromatic rings. The van der Waals surface area contributed by atoms with E-state index in [4.69, 9.17) is 21.1 Å². The largest absolute Gasteiger partial charge is 0.497 e. The number of anilines is 1. The number of hydrogen-bond acceptors (Lipinski definition) is 8. The zero-order valence-electron chi connectivity index (χ0n) is 28.4. The predicted molar refractivity (Wildman–Crippen MR) is 191 cm³/mol. The predicted octanol–water partition coefficient (Wildman–Crippen LogP) is 5.88. The second-order valence-electron chi connectivity index (χ2n) is 12.0. The highest BCUT2D eigenvalue weighted by atomic mass is 35.5. The molecular formula is C35H30ClF3N6O7S. The zero-order valence-corrected chi connectivity index (χ0v) is 30.0. The third kappa shape index (κ3) is 7.30. The SMILES string of the molecule is COc1ccc(CN(c2nn(C)c3c(-n4c(C(Cc5cc(F)cc(F)c5)NC(=O)O)nc5cc(OC)cc(F)c5c4=O)ccc(Cl)c23)S(C)(=O)=O)cc1. The number of aromatic nitrogens is 4. The number of carbonyl (C=O) groups is 1. The Labute approximate surface area is 304 Å². The standard InChI is InChI=1S/C35H30ClF3N6O7S/c1-43-31-28(10-9-24(36)29(31)33(42-43)44(53(4,49)50)17-18-5-7-22(51-2)8-6-18)45-32(40-26-16-23(52-3)15-25(39)30(26)34(45)46)27(41-35(47)48)13-19-11-20(37)14-21(38)12-19/h5-12,14-16,27,41H,13,17H2,1-4H3,(H,47,48). The third-order valence-electron chi connectivity index (χ3n) is 8.39. The number of nitrogens with zero attached hydrogens (tertiary/aromatic N) is 5. The van der Waals surface area contributed by atoms with Gasteiger partial charge in [-0.15, -0.1) is 0 Å². The van der Waals surface area contributed by atoms with Crippen molar-refractivity contribution in [2.45, 2.75) is 19.0 Å². The summed E-state index contributed by atoms with van der Waals surface area (Å²) < 4.78 is 84.5. The highest BCUT2D eigenvalue weighted by molar-refractivity contribution is 7.92. The summed E-state index contributed by atoms with van der Waals surface area (Å²) in [7, 11) is 0.188. The molecule has 0 aliphatic heterocycles. The van der Waals surface area contributed by atoms with Crippen molar-refractivity contribution in [2.75, 3.05) is 24.8 Å². The molecule has 0 saturated heterocycles. The minimum atomic E-state index is -4.04. The molecule has 4 aromatic carbocycles. The van der Waals surface area contributed by atoms with Crippen molar-refractivity contribution in [1.29, 1.82) is 0 Å². The van der Waals surface area contributed by atoms with E-state index in [0.717, 1.165) is 33.3 Å². The minimum absolute atomic E-state index is 0.00318. The Morgan fingerprint density at radius 1 is 0.962 bits per heavy atom. The Kier molecular flexibility index (Phi) is 9.98. The van der Waals surface area contributed by atoms with E-state index >= 15 is 4.39 Å². The first kappa shape index (κ1) is 37.0. The average molecular weight is 771 g/mol. The quantitative estimate of drug-likeness (QED) is 0.164. The fourth-order valence-electron chi connectivity index (χ4n) is 6.10. The lowest BCUT2D eigenvalue weighted by Gasteiger charge is -2.23. The van der Waals surface area contributed by atoms with E-state index in [1.807, 2.05) is 0 Å². The van der Waals surface area contributed by atoms with Gasteiger partial charge in [0, 0.05) is 31.7 Å². The van der Waals surface area contributed by atoms with E-state index in [2.05, 4.69) is 15.4 Å². The number of nitrogens with one attached hydrogen (secondary N) is 1. The van der Waals surface area contributed by atoms with E-state index in [0.29, 0.717) is 17.4 Å². The van der Waals surface area contributed by atoms with Crippen LogP contribution in [0.5, 0.6) is 11.5 Å². The number of fused-ring (bicyclic) bond motifs is 2. The molecular weight excluding hydrogens is 741 g/mol. The van der Waals surface area contributed by atoms with Crippen LogP contribution < -0.4 is 24.7 Å². The van der Waals surface area contributed by atoms with Crippen molar-refractivity contribution in [3.8, 4) is 17.2 Å². The number of ether oxygens (including phenoxy) is 2. The van der Waals surface area contributed by atoms with Gasteiger partial charge in [-0.1, -0.05) is 23.7 Å². The summed E-state index contributed by atoms with van der Waals surface area (Å²) >= 11 is 6.74. The molecule has 13 nitrogen and oxygen atoms in total. The molecule has 2 aromatic heterocycles. The Morgan fingerprint density at radius 3 is 2.23 bits per heavy atom. The van der Waals surface area contributed by atoms with Gasteiger partial charge in [-0.05, 0) is 47.5 Å². The summed E-state index contributed by atoms with van der Waals surface area (Å²) in [5, 5.41) is 16.3. The van der Waals surface area contributed by atoms with Crippen LogP contribution in [0, 0.1) is 17.5 Å². The number of rotatable bonds is 11. The van der Waals surface area contributed by atoms with Crippen LogP contribution in [0.25, 0.3) is 27.5 Å². The van der Waals surface area contributed by atoms with Crippen molar-refractivity contribution >= 4 is 55.3 Å². The fraction of sp³-hybridized carbons (Fsp3) is 0.200. The summed E-state index contributed by atoms with van der Waals surface area (Å²) in [6, 6.07) is 12.8. The van der Waals surface area contributed by atoms with Gasteiger partial charge in [0.05, 0.1) is 60.2 Å². The van der Waals surface area contributed by atoms with Gasteiger partial charge >= 0.3 is 6.09 Å². The zero-order chi connectivity index (χ0) is 38.4. The lowest BCUT2D eigenvalue weighted by molar-refractivity contribution is 0.189. The molecule has 2 heterocycles. The van der Waals surface area contributed by atoms with Gasteiger partial charge in [-0.3, -0.25) is 14.0 Å². The Hall–Kier alpha value is -5.81. The number of sulfonamides is 1. The highest BCUT2D eigenvalue weighted by Crippen LogP contribution is 2.38. The summed E-state index contributed by atoms with van der Waals surface area (Å²) in [5.74, 6) is -2.74. The monoisotopic (exact) mass is 770 g/mol. The van der Waals surface area contributed by atoms with E-state index in [-0.39, 0.29) is 56.6 Å². The van der Waals surface area contributed by atoms with Crippen molar-refractivity contribution in [2.24, 2.45) is 7.05 Å². The van der Waals surface area contributed by atoms with Crippen LogP contribution in [0.1, 0.15) is 23.0 Å². The maximum Gasteiger partial charge on any atom is 0.405 e. The molecule has 1 unspecified atom stereocenters. The molecule has 1 atom stereocenters. The number of methoxy groups -OCH3 is 2. The Bertz CT molecular complexity index is 2560. The first-order valence-corrected chi connectivity index (χ1v) is 17.8. The van der Waals surface area contributed by atoms with E-state index in [1.54, 1.807) is 24.3 Å². The molecule has 2 N–H and O–H groups in total. The summed E-state index contributed by atoms with van der Waals surface area (Å²) in [5.41, 5.74) is -0.597. The second-order valence-corrected chi connectivity index (χ2v) is 14.3. The van der Waals surface area contributed by atoms with Crippen molar-refractivity contribution in [3.05, 3.63) is 117 Å². The van der Waals surface area contributed by atoms with Gasteiger partial charge in [0.15, 0.2) is 5.82 Å². The molecule has 0 bridgehead atoms. The molecule has 6 rings (SSSR count). The number of halogens is 4. The summed E-state index contributed by atoms with van der Waals surface area (Å²) in [4.78, 5) is 31.2. The molecule has 0 aliphatic carbocycles. The topological polar surface area (TPSA) is 158 Å². The first-order valence-electron chi connectivity index (χ1n) is 15.6. The van der Waals surface area contributed by atoms with Crippen LogP contribution >= 0.6 is 11.6 Å². The molecule has 276 valence electrons. The number of amides is 1. The third-order valence-corrected chi connectivity index (χ3v) is 9.81. The number of benzene rings is 4. The fourth-order valence-corrected chi connectivity index (χ4v) is 7.16. The molecule has 18 heteroatoms. The van der Waals surface area contributed by atoms with Crippen molar-refractivity contribution < 1.29 is 41.0 Å². The molecule has 0 fully saturated rings. The molecule has 0 aliphatic rings. The van der Waals surface area contributed by atoms with Gasteiger partial charge in [0.25, 0.3) is 5.56 Å². The van der Waals surface area contributed by atoms with Gasteiger partial charge < -0.3 is 19.9 Å². The first-order chi connectivity index (χ1) is 25.1. The molecule has 0 saturated carbocycles. The van der Waals surface area contributed by atoms with Crippen LogP contribution in [-0.2, 0) is 30.0 Å². The lowest BCUT2D eigenvalue weighted by atomic mass is 10.0. The Morgan fingerprint density at radius 2 is 1.62 bits per heavy atom. The normalized spacial score (nSPS) is 12.2. The smallest absolute Gasteiger partial charge is 0.405 e. The van der Waals surface area contributed by atoms with E-state index in [9.17, 15) is 31.9 Å². The van der Waals surface area contributed by atoms with Crippen LogP contribution in [0.2, 0.25) is 5.02 Å². The van der Waals surface area contributed by atoms with E-state index in [1.165, 1.54) is 44.1 Å². The molecule has 53 heavy (non-hydrogen) atoms. The summed E-state index contributed by atoms with van der Waals surface area (Å²) in [6.45, 7) is -0.180. The number of carboxylic acid groups (broad SMARTS) is 1. The van der Waals surface area contributed by atoms with Crippen molar-refractivity contribution in [1.82, 2.24) is 24.6 Å². The van der Waals surface area contributed by atoms with Crippen molar-refractivity contribution in [3.63, 3.8) is 0 Å². The average Bonchev–Trinajstić information content (AvgIpc) is 3.43. The Balaban J connectivity index is 1.66. The highest BCUT2D eigenvalue weighted by Gasteiger charge is 2.30. The maximum atomic E-state index is 15.7. The van der Waals surface area contributed by atoms with Gasteiger partial charge in [0.2, 0.25) is 10.0 Å². The number of hydrogen-bond donors (Lipinski definition) is 2. The summed E-state index contributed by atoms with van der Waals surface area (Å²) in [6.07, 6.45) is -1.00. The van der Waals surface area contributed by atoms with E-state index < -0.39 is 57.0 Å². The van der Waals surface area contributed by atoms with Crippen LogP contribution in [-0.4, -0.2) is 59.4 Å². The number of aryl methyl sites for hydroxylation is 1. The van der Waals surface area contributed by atoms with Crippen LogP contribution in [0.3, 0.4) is 0 Å². The second kappa shape index (κ2) is 14.3. The van der Waals surface area contributed by atoms with Crippen LogP contribution in [0.15, 0.2) is 71.5 Å².